The van der Waals surface area contributed by atoms with Gasteiger partial charge in [0.05, 0.1) is 15.0 Å². The first kappa shape index (κ1) is 16.6. The van der Waals surface area contributed by atoms with E-state index < -0.39 is 12.5 Å². The molecule has 20 heavy (non-hydrogen) atoms. The predicted molar refractivity (Wildman–Crippen MR) is 84.4 cm³/mol. The standard InChI is InChI=1S/C12H13Br3F2N2O/c13-6-5-7(14)11(20)9(15)8(6)10(12(16)17)19-3-1-18-2-4-19/h5,10,12,18,20H,1-4H2/t10-/m0/s1. The lowest BCUT2D eigenvalue weighted by atomic mass is 10.0. The highest BCUT2D eigenvalue weighted by molar-refractivity contribution is 9.11. The summed E-state index contributed by atoms with van der Waals surface area (Å²) in [6.45, 7) is 2.46. The van der Waals surface area contributed by atoms with E-state index in [2.05, 4.69) is 53.1 Å². The fourth-order valence-corrected chi connectivity index (χ4v) is 4.88. The molecule has 1 aromatic rings. The van der Waals surface area contributed by atoms with E-state index in [-0.39, 0.29) is 5.75 Å². The minimum atomic E-state index is -2.54. The number of phenolic OH excluding ortho intramolecular Hbond substituents is 1. The first-order valence-electron chi connectivity index (χ1n) is 6.02. The van der Waals surface area contributed by atoms with Crippen molar-refractivity contribution >= 4 is 47.8 Å². The Bertz CT molecular complexity index is 496. The third kappa shape index (κ3) is 3.35. The summed E-state index contributed by atoms with van der Waals surface area (Å²) in [5.41, 5.74) is 0.377. The van der Waals surface area contributed by atoms with Crippen molar-refractivity contribution in [2.45, 2.75) is 12.5 Å². The number of rotatable bonds is 3. The average molecular weight is 479 g/mol. The molecule has 0 radical (unpaired) electrons. The van der Waals surface area contributed by atoms with Crippen LogP contribution in [0.1, 0.15) is 11.6 Å². The Balaban J connectivity index is 2.46. The number of nitrogens with one attached hydrogen (secondary N) is 1. The molecule has 2 N–H and O–H groups in total. The van der Waals surface area contributed by atoms with E-state index in [0.29, 0.717) is 45.2 Å². The van der Waals surface area contributed by atoms with Crippen LogP contribution in [-0.2, 0) is 0 Å². The number of nitrogens with zero attached hydrogens (tertiary/aromatic N) is 1. The molecule has 1 aliphatic heterocycles. The van der Waals surface area contributed by atoms with Gasteiger partial charge >= 0.3 is 0 Å². The summed E-state index contributed by atoms with van der Waals surface area (Å²) in [7, 11) is 0. The van der Waals surface area contributed by atoms with Crippen LogP contribution in [-0.4, -0.2) is 42.6 Å². The largest absolute Gasteiger partial charge is 0.506 e. The second-order valence-electron chi connectivity index (χ2n) is 4.48. The molecule has 8 heteroatoms. The quantitative estimate of drug-likeness (QED) is 0.692. The number of phenols is 1. The van der Waals surface area contributed by atoms with Crippen LogP contribution < -0.4 is 5.32 Å². The van der Waals surface area contributed by atoms with E-state index in [1.165, 1.54) is 0 Å². The lowest BCUT2D eigenvalue weighted by Crippen LogP contribution is -2.47. The zero-order valence-corrected chi connectivity index (χ0v) is 15.1. The minimum absolute atomic E-state index is 0.0658. The summed E-state index contributed by atoms with van der Waals surface area (Å²) in [6, 6.07) is 0.535. The Morgan fingerprint density at radius 1 is 1.15 bits per heavy atom. The molecular weight excluding hydrogens is 466 g/mol. The maximum atomic E-state index is 13.6. The van der Waals surface area contributed by atoms with Crippen molar-refractivity contribution in [2.75, 3.05) is 26.2 Å². The zero-order valence-electron chi connectivity index (χ0n) is 10.3. The Morgan fingerprint density at radius 2 is 1.75 bits per heavy atom. The number of alkyl halides is 2. The van der Waals surface area contributed by atoms with Gasteiger partial charge in [-0.25, -0.2) is 8.78 Å². The first-order valence-corrected chi connectivity index (χ1v) is 8.40. The number of halogens is 5. The van der Waals surface area contributed by atoms with Crippen molar-refractivity contribution in [3.63, 3.8) is 0 Å². The number of piperazine rings is 1. The zero-order chi connectivity index (χ0) is 14.9. The highest BCUT2D eigenvalue weighted by Crippen LogP contribution is 2.45. The van der Waals surface area contributed by atoms with E-state index in [4.69, 9.17) is 0 Å². The van der Waals surface area contributed by atoms with Crippen LogP contribution in [0.25, 0.3) is 0 Å². The third-order valence-corrected chi connectivity index (χ3v) is 5.32. The van der Waals surface area contributed by atoms with Crippen molar-refractivity contribution in [3.05, 3.63) is 25.0 Å². The molecule has 2 rings (SSSR count). The summed E-state index contributed by atoms with van der Waals surface area (Å²) in [5, 5.41) is 13.1. The van der Waals surface area contributed by atoms with Crippen LogP contribution in [0.15, 0.2) is 19.5 Å². The summed E-state index contributed by atoms with van der Waals surface area (Å²) in [4.78, 5) is 1.74. The van der Waals surface area contributed by atoms with E-state index in [1.54, 1.807) is 11.0 Å². The third-order valence-electron chi connectivity index (χ3n) is 3.26. The summed E-state index contributed by atoms with van der Waals surface area (Å²) >= 11 is 9.74. The van der Waals surface area contributed by atoms with Gasteiger partial charge in [0, 0.05) is 36.2 Å². The summed E-state index contributed by atoms with van der Waals surface area (Å²) < 4.78 is 28.4. The fraction of sp³-hybridized carbons (Fsp3) is 0.500. The SMILES string of the molecule is Oc1c(Br)cc(Br)c([C@@H](C(F)F)N2CCNCC2)c1Br. The molecule has 0 bridgehead atoms. The van der Waals surface area contributed by atoms with Crippen LogP contribution in [0.5, 0.6) is 5.75 Å². The van der Waals surface area contributed by atoms with E-state index >= 15 is 0 Å². The average Bonchev–Trinajstić information content (AvgIpc) is 2.41. The van der Waals surface area contributed by atoms with Gasteiger partial charge in [0.2, 0.25) is 0 Å². The molecule has 0 aromatic heterocycles. The normalized spacial score (nSPS) is 18.5. The molecule has 1 atom stereocenters. The van der Waals surface area contributed by atoms with Crippen molar-refractivity contribution in [2.24, 2.45) is 0 Å². The second kappa shape index (κ2) is 7.00. The molecule has 1 fully saturated rings. The Morgan fingerprint density at radius 3 is 2.30 bits per heavy atom. The summed E-state index contributed by atoms with van der Waals surface area (Å²) in [6.07, 6.45) is -2.54. The van der Waals surface area contributed by atoms with E-state index in [9.17, 15) is 13.9 Å². The van der Waals surface area contributed by atoms with E-state index in [0.717, 1.165) is 0 Å². The van der Waals surface area contributed by atoms with Gasteiger partial charge in [-0.1, -0.05) is 15.9 Å². The van der Waals surface area contributed by atoms with Crippen molar-refractivity contribution in [1.29, 1.82) is 0 Å². The highest BCUT2D eigenvalue weighted by atomic mass is 79.9. The van der Waals surface area contributed by atoms with Crippen LogP contribution in [0.2, 0.25) is 0 Å². The maximum Gasteiger partial charge on any atom is 0.258 e. The minimum Gasteiger partial charge on any atom is -0.506 e. The van der Waals surface area contributed by atoms with Gasteiger partial charge in [0.15, 0.2) is 0 Å². The molecule has 3 nitrogen and oxygen atoms in total. The van der Waals surface area contributed by atoms with Crippen LogP contribution in [0.4, 0.5) is 8.78 Å². The highest BCUT2D eigenvalue weighted by Gasteiger charge is 2.34. The van der Waals surface area contributed by atoms with Gasteiger partial charge in [-0.05, 0) is 37.9 Å². The van der Waals surface area contributed by atoms with Crippen molar-refractivity contribution < 1.29 is 13.9 Å². The summed E-state index contributed by atoms with van der Waals surface area (Å²) in [5.74, 6) is -0.0658. The number of hydrogen-bond donors (Lipinski definition) is 2. The van der Waals surface area contributed by atoms with Gasteiger partial charge in [-0.3, -0.25) is 4.90 Å². The molecular formula is C12H13Br3F2N2O. The van der Waals surface area contributed by atoms with Gasteiger partial charge in [-0.15, -0.1) is 0 Å². The fourth-order valence-electron chi connectivity index (χ4n) is 2.29. The van der Waals surface area contributed by atoms with Crippen LogP contribution >= 0.6 is 47.8 Å². The topological polar surface area (TPSA) is 35.5 Å². The number of benzene rings is 1. The number of hydrogen-bond acceptors (Lipinski definition) is 3. The molecule has 1 aromatic carbocycles. The lowest BCUT2D eigenvalue weighted by Gasteiger charge is -2.35. The van der Waals surface area contributed by atoms with E-state index in [1.807, 2.05) is 0 Å². The molecule has 1 aliphatic rings. The second-order valence-corrected chi connectivity index (χ2v) is 6.98. The molecule has 0 aliphatic carbocycles. The molecule has 1 heterocycles. The van der Waals surface area contributed by atoms with Gasteiger partial charge < -0.3 is 10.4 Å². The molecule has 1 saturated heterocycles. The monoisotopic (exact) mass is 476 g/mol. The van der Waals surface area contributed by atoms with Gasteiger partial charge in [-0.2, -0.15) is 0 Å². The Hall–Kier alpha value is 0.240. The molecule has 0 spiro atoms. The van der Waals surface area contributed by atoms with Crippen molar-refractivity contribution in [1.82, 2.24) is 10.2 Å². The van der Waals surface area contributed by atoms with Gasteiger partial charge in [0.25, 0.3) is 6.43 Å². The van der Waals surface area contributed by atoms with Crippen LogP contribution in [0, 0.1) is 0 Å². The number of aromatic hydroxyl groups is 1. The van der Waals surface area contributed by atoms with Gasteiger partial charge in [0.1, 0.15) is 5.75 Å². The van der Waals surface area contributed by atoms with Crippen LogP contribution in [0.3, 0.4) is 0 Å². The smallest absolute Gasteiger partial charge is 0.258 e. The predicted octanol–water partition coefficient (Wildman–Crippen LogP) is 3.89. The molecule has 0 unspecified atom stereocenters. The maximum absolute atomic E-state index is 13.6. The molecule has 0 saturated carbocycles. The molecule has 0 amide bonds. The Kier molecular flexibility index (Phi) is 5.81. The molecule has 112 valence electrons. The Labute approximate surface area is 141 Å². The first-order chi connectivity index (χ1) is 9.43. The van der Waals surface area contributed by atoms with Crippen molar-refractivity contribution in [3.8, 4) is 5.75 Å². The lowest BCUT2D eigenvalue weighted by molar-refractivity contribution is 0.0174.